The number of aryl methyl sites for hydroxylation is 1. The Bertz CT molecular complexity index is 1300. The normalized spacial score (nSPS) is 17.4. The van der Waals surface area contributed by atoms with Gasteiger partial charge in [0, 0.05) is 38.2 Å². The third-order valence-corrected chi connectivity index (χ3v) is 7.65. The fourth-order valence-corrected chi connectivity index (χ4v) is 5.15. The SMILES string of the molecule is COC(=O)Oc1sc(N2CC[C@@H](NC(=O)c3[nH]c(C)c(Cl)c3Cl)[C@@H](OC)C2)nc1-c1nccc(OC)n1. The van der Waals surface area contributed by atoms with Gasteiger partial charge in [-0.3, -0.25) is 4.79 Å². The van der Waals surface area contributed by atoms with Crippen molar-refractivity contribution >= 4 is 51.7 Å². The summed E-state index contributed by atoms with van der Waals surface area (Å²) in [6.07, 6.45) is 0.803. The van der Waals surface area contributed by atoms with Crippen molar-refractivity contribution in [2.45, 2.75) is 25.5 Å². The average molecular weight is 571 g/mol. The van der Waals surface area contributed by atoms with Crippen molar-refractivity contribution in [3.05, 3.63) is 33.7 Å². The second kappa shape index (κ2) is 11.5. The minimum atomic E-state index is -0.895. The number of amides is 1. The summed E-state index contributed by atoms with van der Waals surface area (Å²) in [5.41, 5.74) is 1.08. The van der Waals surface area contributed by atoms with E-state index in [1.165, 1.54) is 20.4 Å². The van der Waals surface area contributed by atoms with E-state index in [1.807, 2.05) is 4.90 Å². The number of carbonyl (C=O) groups is 2. The number of methoxy groups -OCH3 is 3. The number of H-pyrrole nitrogens is 1. The number of hydrogen-bond acceptors (Lipinski definition) is 11. The van der Waals surface area contributed by atoms with Crippen LogP contribution < -0.4 is 19.7 Å². The summed E-state index contributed by atoms with van der Waals surface area (Å²) in [5.74, 6) is 0.183. The van der Waals surface area contributed by atoms with Gasteiger partial charge in [-0.25, -0.2) is 14.8 Å². The van der Waals surface area contributed by atoms with Crippen LogP contribution in [0.3, 0.4) is 0 Å². The molecule has 2 atom stereocenters. The first-order valence-corrected chi connectivity index (χ1v) is 12.6. The number of ether oxygens (including phenoxy) is 4. The zero-order chi connectivity index (χ0) is 26.7. The van der Waals surface area contributed by atoms with Gasteiger partial charge in [0.25, 0.3) is 5.91 Å². The number of halogens is 2. The number of hydrogen-bond donors (Lipinski definition) is 2. The highest BCUT2D eigenvalue weighted by Crippen LogP contribution is 2.40. The van der Waals surface area contributed by atoms with E-state index in [2.05, 4.69) is 30.0 Å². The smallest absolute Gasteiger partial charge is 0.481 e. The van der Waals surface area contributed by atoms with Crippen LogP contribution in [0.4, 0.5) is 9.93 Å². The molecule has 0 unspecified atom stereocenters. The van der Waals surface area contributed by atoms with Crippen LogP contribution in [0, 0.1) is 6.92 Å². The van der Waals surface area contributed by atoms with E-state index in [9.17, 15) is 9.59 Å². The van der Waals surface area contributed by atoms with Crippen molar-refractivity contribution in [2.24, 2.45) is 0 Å². The molecule has 2 N–H and O–H groups in total. The molecule has 198 valence electrons. The van der Waals surface area contributed by atoms with E-state index < -0.39 is 6.16 Å². The third-order valence-electron chi connectivity index (χ3n) is 5.71. The summed E-state index contributed by atoms with van der Waals surface area (Å²) in [4.78, 5) is 42.8. The molecule has 3 aromatic heterocycles. The average Bonchev–Trinajstić information content (AvgIpc) is 3.44. The minimum Gasteiger partial charge on any atom is -0.481 e. The molecule has 0 aromatic carbocycles. The molecule has 12 nitrogen and oxygen atoms in total. The van der Waals surface area contributed by atoms with Gasteiger partial charge in [-0.2, -0.15) is 4.98 Å². The van der Waals surface area contributed by atoms with E-state index in [-0.39, 0.29) is 45.4 Å². The van der Waals surface area contributed by atoms with Crippen LogP contribution in [0.2, 0.25) is 10.0 Å². The highest BCUT2D eigenvalue weighted by atomic mass is 35.5. The monoisotopic (exact) mass is 570 g/mol. The van der Waals surface area contributed by atoms with E-state index in [1.54, 1.807) is 20.1 Å². The van der Waals surface area contributed by atoms with Crippen LogP contribution in [-0.2, 0) is 9.47 Å². The molecule has 15 heteroatoms. The number of nitrogens with one attached hydrogen (secondary N) is 2. The fourth-order valence-electron chi connectivity index (χ4n) is 3.79. The molecule has 37 heavy (non-hydrogen) atoms. The molecule has 0 aliphatic carbocycles. The zero-order valence-electron chi connectivity index (χ0n) is 20.3. The van der Waals surface area contributed by atoms with Gasteiger partial charge in [0.15, 0.2) is 16.6 Å². The Morgan fingerprint density at radius 1 is 1.22 bits per heavy atom. The molecule has 4 heterocycles. The lowest BCUT2D eigenvalue weighted by Crippen LogP contribution is -2.55. The number of nitrogens with zero attached hydrogens (tertiary/aromatic N) is 4. The lowest BCUT2D eigenvalue weighted by Gasteiger charge is -2.37. The number of piperidine rings is 1. The van der Waals surface area contributed by atoms with Gasteiger partial charge in [-0.15, -0.1) is 0 Å². The molecule has 0 radical (unpaired) electrons. The topological polar surface area (TPSA) is 141 Å². The first-order chi connectivity index (χ1) is 17.7. The van der Waals surface area contributed by atoms with Crippen molar-refractivity contribution < 1.29 is 28.5 Å². The largest absolute Gasteiger partial charge is 0.514 e. The van der Waals surface area contributed by atoms with Crippen LogP contribution >= 0.6 is 34.5 Å². The molecule has 0 bridgehead atoms. The Labute approximate surface area is 226 Å². The summed E-state index contributed by atoms with van der Waals surface area (Å²) >= 11 is 13.4. The Morgan fingerprint density at radius 2 is 2.00 bits per heavy atom. The Balaban J connectivity index is 1.54. The maximum atomic E-state index is 12.9. The maximum absolute atomic E-state index is 12.9. The molecule has 1 saturated heterocycles. The van der Waals surface area contributed by atoms with Crippen LogP contribution in [0.5, 0.6) is 10.9 Å². The van der Waals surface area contributed by atoms with Gasteiger partial charge in [-0.05, 0) is 13.3 Å². The van der Waals surface area contributed by atoms with Gasteiger partial charge in [0.2, 0.25) is 10.9 Å². The van der Waals surface area contributed by atoms with Crippen molar-refractivity contribution in [3.63, 3.8) is 0 Å². The Morgan fingerprint density at radius 3 is 2.65 bits per heavy atom. The fraction of sp³-hybridized carbons (Fsp3) is 0.409. The van der Waals surface area contributed by atoms with Crippen molar-refractivity contribution in [1.82, 2.24) is 25.3 Å². The van der Waals surface area contributed by atoms with E-state index in [4.69, 9.17) is 37.4 Å². The predicted octanol–water partition coefficient (Wildman–Crippen LogP) is 3.72. The number of aromatic nitrogens is 4. The van der Waals surface area contributed by atoms with Gasteiger partial charge >= 0.3 is 6.16 Å². The van der Waals surface area contributed by atoms with Crippen LogP contribution in [0.15, 0.2) is 12.3 Å². The third kappa shape index (κ3) is 5.74. The van der Waals surface area contributed by atoms with E-state index >= 15 is 0 Å². The van der Waals surface area contributed by atoms with E-state index in [0.29, 0.717) is 41.2 Å². The molecule has 4 rings (SSSR count). The molecule has 1 aliphatic rings. The second-order valence-electron chi connectivity index (χ2n) is 7.95. The van der Waals surface area contributed by atoms with Crippen molar-refractivity contribution in [3.8, 4) is 22.5 Å². The summed E-state index contributed by atoms with van der Waals surface area (Å²) in [7, 11) is 4.26. The highest BCUT2D eigenvalue weighted by molar-refractivity contribution is 7.18. The molecular formula is C22H24Cl2N6O6S. The number of thiazole rings is 1. The van der Waals surface area contributed by atoms with Crippen molar-refractivity contribution in [2.75, 3.05) is 39.3 Å². The summed E-state index contributed by atoms with van der Waals surface area (Å²) in [6, 6.07) is 1.30. The van der Waals surface area contributed by atoms with Crippen LogP contribution in [0.1, 0.15) is 22.6 Å². The van der Waals surface area contributed by atoms with Gasteiger partial charge in [0.1, 0.15) is 5.69 Å². The predicted molar refractivity (Wildman–Crippen MR) is 137 cm³/mol. The van der Waals surface area contributed by atoms with Crippen molar-refractivity contribution in [1.29, 1.82) is 0 Å². The lowest BCUT2D eigenvalue weighted by atomic mass is 10.0. The quantitative estimate of drug-likeness (QED) is 0.403. The second-order valence-corrected chi connectivity index (χ2v) is 9.65. The molecule has 0 spiro atoms. The number of rotatable bonds is 7. The van der Waals surface area contributed by atoms with Gasteiger partial charge in [0.05, 0.1) is 36.4 Å². The zero-order valence-corrected chi connectivity index (χ0v) is 22.7. The van der Waals surface area contributed by atoms with Crippen LogP contribution in [-0.4, -0.2) is 78.6 Å². The Kier molecular flexibility index (Phi) is 8.37. The lowest BCUT2D eigenvalue weighted by molar-refractivity contribution is 0.0540. The molecular weight excluding hydrogens is 547 g/mol. The molecule has 1 aliphatic heterocycles. The van der Waals surface area contributed by atoms with Gasteiger partial charge in [-0.1, -0.05) is 34.5 Å². The standard InChI is InChI=1S/C22H24Cl2N6O6S/c1-10-14(23)15(24)16(26-10)19(31)27-11-6-8-30(9-12(11)33-2)21-29-17(20(37-21)36-22(32)35-4)18-25-7-5-13(28-18)34-3/h5,7,11-12,26H,6,8-9H2,1-4H3,(H,27,31)/t11-,12+/m1/s1. The number of carbonyl (C=O) groups excluding carboxylic acids is 2. The summed E-state index contributed by atoms with van der Waals surface area (Å²) in [6.45, 7) is 2.67. The number of aromatic amines is 1. The van der Waals surface area contributed by atoms with Crippen LogP contribution in [0.25, 0.3) is 11.5 Å². The maximum Gasteiger partial charge on any atom is 0.514 e. The summed E-state index contributed by atoms with van der Waals surface area (Å²) < 4.78 is 20.8. The number of anilines is 1. The Hall–Kier alpha value is -3.13. The van der Waals surface area contributed by atoms with E-state index in [0.717, 1.165) is 11.3 Å². The first kappa shape index (κ1) is 26.9. The molecule has 3 aromatic rings. The molecule has 1 amide bonds. The van der Waals surface area contributed by atoms with Gasteiger partial charge < -0.3 is 34.1 Å². The minimum absolute atomic E-state index is 0.174. The first-order valence-electron chi connectivity index (χ1n) is 11.0. The molecule has 1 fully saturated rings. The highest BCUT2D eigenvalue weighted by Gasteiger charge is 2.34. The summed E-state index contributed by atoms with van der Waals surface area (Å²) in [5, 5.41) is 4.20. The molecule has 0 saturated carbocycles.